The van der Waals surface area contributed by atoms with Gasteiger partial charge in [0.2, 0.25) is 0 Å². The van der Waals surface area contributed by atoms with Crippen LogP contribution in [0, 0.1) is 13.8 Å². The molecular formula is C12H23N3OS. The van der Waals surface area contributed by atoms with Crippen molar-refractivity contribution in [2.24, 2.45) is 5.84 Å². The Bertz CT molecular complexity index is 341. The van der Waals surface area contributed by atoms with E-state index in [0.29, 0.717) is 0 Å². The van der Waals surface area contributed by atoms with Crippen LogP contribution in [0.4, 0.5) is 0 Å². The Morgan fingerprint density at radius 1 is 1.53 bits per heavy atom. The molecular weight excluding hydrogens is 234 g/mol. The molecule has 0 aliphatic heterocycles. The number of hydrogen-bond donors (Lipinski definition) is 2. The van der Waals surface area contributed by atoms with E-state index in [0.717, 1.165) is 23.5 Å². The number of aromatic nitrogens is 1. The molecule has 0 aliphatic carbocycles. The van der Waals surface area contributed by atoms with Crippen LogP contribution in [0.1, 0.15) is 35.8 Å². The van der Waals surface area contributed by atoms with Crippen molar-refractivity contribution in [2.75, 3.05) is 7.11 Å². The normalized spacial score (nSPS) is 16.8. The number of nitrogens with zero attached hydrogens (tertiary/aromatic N) is 1. The first-order valence-corrected chi connectivity index (χ1v) is 6.72. The van der Waals surface area contributed by atoms with Gasteiger partial charge in [0.25, 0.3) is 0 Å². The zero-order chi connectivity index (χ0) is 13.1. The van der Waals surface area contributed by atoms with Gasteiger partial charge < -0.3 is 4.74 Å². The molecule has 0 aromatic carbocycles. The van der Waals surface area contributed by atoms with Crippen LogP contribution in [-0.2, 0) is 11.2 Å². The van der Waals surface area contributed by atoms with E-state index in [2.05, 4.69) is 31.2 Å². The number of methoxy groups -OCH3 is 1. The van der Waals surface area contributed by atoms with Crippen LogP contribution in [-0.4, -0.2) is 23.7 Å². The van der Waals surface area contributed by atoms with Crippen molar-refractivity contribution >= 4 is 11.3 Å². The number of rotatable bonds is 6. The van der Waals surface area contributed by atoms with Crippen molar-refractivity contribution in [3.8, 4) is 0 Å². The first-order valence-electron chi connectivity index (χ1n) is 5.91. The maximum atomic E-state index is 5.65. The maximum absolute atomic E-state index is 5.65. The highest BCUT2D eigenvalue weighted by Gasteiger charge is 2.32. The minimum absolute atomic E-state index is 0.0717. The van der Waals surface area contributed by atoms with Gasteiger partial charge in [-0.2, -0.15) is 0 Å². The molecule has 1 heterocycles. The summed E-state index contributed by atoms with van der Waals surface area (Å²) < 4.78 is 5.58. The van der Waals surface area contributed by atoms with Gasteiger partial charge in [0.05, 0.1) is 22.3 Å². The van der Waals surface area contributed by atoms with E-state index in [1.54, 1.807) is 18.4 Å². The van der Waals surface area contributed by atoms with E-state index in [-0.39, 0.29) is 11.6 Å². The van der Waals surface area contributed by atoms with Gasteiger partial charge in [-0.1, -0.05) is 6.92 Å². The van der Waals surface area contributed by atoms with Gasteiger partial charge in [-0.15, -0.1) is 11.3 Å². The van der Waals surface area contributed by atoms with Crippen LogP contribution in [0.15, 0.2) is 0 Å². The zero-order valence-electron chi connectivity index (χ0n) is 11.3. The van der Waals surface area contributed by atoms with Crippen LogP contribution in [0.5, 0.6) is 0 Å². The SMILES string of the molecule is CCC(C)(OC)C(Cc1nc(C)c(C)s1)NN. The van der Waals surface area contributed by atoms with Crippen molar-refractivity contribution in [1.82, 2.24) is 10.4 Å². The van der Waals surface area contributed by atoms with E-state index in [1.165, 1.54) is 4.88 Å². The lowest BCUT2D eigenvalue weighted by Crippen LogP contribution is -2.53. The number of hydrogen-bond acceptors (Lipinski definition) is 5. The van der Waals surface area contributed by atoms with Crippen LogP contribution in [0.3, 0.4) is 0 Å². The molecule has 0 saturated carbocycles. The van der Waals surface area contributed by atoms with Crippen LogP contribution < -0.4 is 11.3 Å². The van der Waals surface area contributed by atoms with Crippen LogP contribution in [0.25, 0.3) is 0 Å². The highest BCUT2D eigenvalue weighted by molar-refractivity contribution is 7.11. The van der Waals surface area contributed by atoms with Crippen molar-refractivity contribution < 1.29 is 4.74 Å². The molecule has 5 heteroatoms. The number of thiazole rings is 1. The Hall–Kier alpha value is -0.490. The molecule has 0 spiro atoms. The standard InChI is InChI=1S/C12H23N3OS/c1-6-12(4,16-5)10(15-13)7-11-14-8(2)9(3)17-11/h10,15H,6-7,13H2,1-5H3. The lowest BCUT2D eigenvalue weighted by molar-refractivity contribution is -0.0288. The lowest BCUT2D eigenvalue weighted by Gasteiger charge is -2.34. The van der Waals surface area contributed by atoms with E-state index < -0.39 is 0 Å². The minimum atomic E-state index is -0.262. The fourth-order valence-corrected chi connectivity index (χ4v) is 2.76. The molecule has 98 valence electrons. The van der Waals surface area contributed by atoms with Gasteiger partial charge in [-0.05, 0) is 27.2 Å². The molecule has 1 aromatic heterocycles. The van der Waals surface area contributed by atoms with E-state index in [9.17, 15) is 0 Å². The molecule has 17 heavy (non-hydrogen) atoms. The van der Waals surface area contributed by atoms with E-state index in [1.807, 2.05) is 6.92 Å². The summed E-state index contributed by atoms with van der Waals surface area (Å²) in [5.41, 5.74) is 3.71. The maximum Gasteiger partial charge on any atom is 0.0948 e. The number of nitrogens with two attached hydrogens (primary N) is 1. The minimum Gasteiger partial charge on any atom is -0.377 e. The third-order valence-corrected chi connectivity index (χ3v) is 4.65. The molecule has 0 fully saturated rings. The smallest absolute Gasteiger partial charge is 0.0948 e. The Morgan fingerprint density at radius 3 is 2.53 bits per heavy atom. The van der Waals surface area contributed by atoms with Crippen molar-refractivity contribution in [1.29, 1.82) is 0 Å². The summed E-state index contributed by atoms with van der Waals surface area (Å²) in [6.45, 7) is 8.31. The number of ether oxygens (including phenoxy) is 1. The molecule has 4 nitrogen and oxygen atoms in total. The quantitative estimate of drug-likeness (QED) is 0.604. The average molecular weight is 257 g/mol. The third kappa shape index (κ3) is 3.25. The van der Waals surface area contributed by atoms with E-state index in [4.69, 9.17) is 10.6 Å². The predicted octanol–water partition coefficient (Wildman–Crippen LogP) is 1.95. The second kappa shape index (κ2) is 5.91. The van der Waals surface area contributed by atoms with Crippen molar-refractivity contribution in [2.45, 2.75) is 52.2 Å². The predicted molar refractivity (Wildman–Crippen MR) is 72.1 cm³/mol. The Morgan fingerprint density at radius 2 is 2.18 bits per heavy atom. The summed E-state index contributed by atoms with van der Waals surface area (Å²) in [6, 6.07) is 0.0717. The summed E-state index contributed by atoms with van der Waals surface area (Å²) in [4.78, 5) is 5.82. The van der Waals surface area contributed by atoms with Crippen molar-refractivity contribution in [3.05, 3.63) is 15.6 Å². The molecule has 0 amide bonds. The summed E-state index contributed by atoms with van der Waals surface area (Å²) in [5, 5.41) is 1.11. The highest BCUT2D eigenvalue weighted by atomic mass is 32.1. The van der Waals surface area contributed by atoms with Gasteiger partial charge in [-0.3, -0.25) is 11.3 Å². The number of hydrazine groups is 1. The number of aryl methyl sites for hydroxylation is 2. The van der Waals surface area contributed by atoms with E-state index >= 15 is 0 Å². The molecule has 2 unspecified atom stereocenters. The van der Waals surface area contributed by atoms with Gasteiger partial charge in [0.1, 0.15) is 0 Å². The number of nitrogens with one attached hydrogen (secondary N) is 1. The Kier molecular flexibility index (Phi) is 5.06. The van der Waals surface area contributed by atoms with Crippen molar-refractivity contribution in [3.63, 3.8) is 0 Å². The van der Waals surface area contributed by atoms with Gasteiger partial charge >= 0.3 is 0 Å². The van der Waals surface area contributed by atoms with Crippen LogP contribution in [0.2, 0.25) is 0 Å². The first-order chi connectivity index (χ1) is 7.96. The first kappa shape index (κ1) is 14.6. The van der Waals surface area contributed by atoms with Gasteiger partial charge in [-0.25, -0.2) is 4.98 Å². The topological polar surface area (TPSA) is 60.2 Å². The van der Waals surface area contributed by atoms with Gasteiger partial charge in [0.15, 0.2) is 0 Å². The molecule has 3 N–H and O–H groups in total. The average Bonchev–Trinajstić information content (AvgIpc) is 2.64. The molecule has 1 rings (SSSR count). The monoisotopic (exact) mass is 257 g/mol. The fourth-order valence-electron chi connectivity index (χ4n) is 1.79. The molecule has 0 aliphatic rings. The molecule has 0 radical (unpaired) electrons. The Labute approximate surface area is 108 Å². The zero-order valence-corrected chi connectivity index (χ0v) is 12.1. The molecule has 0 saturated heterocycles. The largest absolute Gasteiger partial charge is 0.377 e. The Balaban J connectivity index is 2.82. The summed E-state index contributed by atoms with van der Waals surface area (Å²) in [7, 11) is 1.73. The fraction of sp³-hybridized carbons (Fsp3) is 0.750. The summed E-state index contributed by atoms with van der Waals surface area (Å²) >= 11 is 1.73. The third-order valence-electron chi connectivity index (χ3n) is 3.56. The second-order valence-electron chi connectivity index (χ2n) is 4.54. The van der Waals surface area contributed by atoms with Crippen LogP contribution >= 0.6 is 11.3 Å². The molecule has 0 bridgehead atoms. The highest BCUT2D eigenvalue weighted by Crippen LogP contribution is 2.24. The molecule has 1 aromatic rings. The molecule has 2 atom stereocenters. The van der Waals surface area contributed by atoms with Gasteiger partial charge in [0, 0.05) is 18.4 Å². The summed E-state index contributed by atoms with van der Waals surface area (Å²) in [5.74, 6) is 5.65. The second-order valence-corrected chi connectivity index (χ2v) is 5.83. The summed E-state index contributed by atoms with van der Waals surface area (Å²) in [6.07, 6.45) is 1.70. The lowest BCUT2D eigenvalue weighted by atomic mass is 9.91.